The SMILES string of the molecule is O=C(O)[C@H]1[C@H](C(=O)N(CCCCc2ccccc2)Cc2ccc(Oc3ccccc3)cc2)[C@H](C(=O)O)[C@H]1C(=O)N(CCCCc1ccccc1)Cc1ccc(Oc2ccccc2)cc1. The number of carbonyl (C=O) groups is 4. The average Bonchev–Trinajstić information content (AvgIpc) is 3.30. The number of para-hydroxylation sites is 2. The van der Waals surface area contributed by atoms with E-state index in [0.717, 1.165) is 47.9 Å². The van der Waals surface area contributed by atoms with Gasteiger partial charge in [0.05, 0.1) is 23.7 Å². The number of carboxylic acids is 2. The summed E-state index contributed by atoms with van der Waals surface area (Å²) in [5.74, 6) is -7.27. The molecule has 7 rings (SSSR count). The normalized spacial score (nSPS) is 16.5. The highest BCUT2D eigenvalue weighted by Crippen LogP contribution is 2.49. The van der Waals surface area contributed by atoms with Gasteiger partial charge in [0.2, 0.25) is 11.8 Å². The van der Waals surface area contributed by atoms with Crippen LogP contribution < -0.4 is 9.47 Å². The molecule has 6 aromatic rings. The molecule has 0 atom stereocenters. The molecule has 0 aliphatic heterocycles. The lowest BCUT2D eigenvalue weighted by Gasteiger charge is -2.48. The van der Waals surface area contributed by atoms with Crippen molar-refractivity contribution >= 4 is 23.8 Å². The Labute approximate surface area is 374 Å². The van der Waals surface area contributed by atoms with E-state index >= 15 is 0 Å². The predicted molar refractivity (Wildman–Crippen MR) is 245 cm³/mol. The minimum Gasteiger partial charge on any atom is -0.481 e. The molecule has 2 amide bonds. The van der Waals surface area contributed by atoms with E-state index in [9.17, 15) is 29.4 Å². The van der Waals surface area contributed by atoms with Gasteiger partial charge in [0.1, 0.15) is 23.0 Å². The van der Waals surface area contributed by atoms with Gasteiger partial charge in [0.15, 0.2) is 0 Å². The van der Waals surface area contributed by atoms with Gasteiger partial charge in [0, 0.05) is 26.2 Å². The number of hydrogen-bond donors (Lipinski definition) is 2. The molecule has 1 fully saturated rings. The molecule has 10 nitrogen and oxygen atoms in total. The fraction of sp³-hybridized carbons (Fsp3) is 0.259. The molecule has 0 aromatic heterocycles. The number of hydrogen-bond acceptors (Lipinski definition) is 6. The Balaban J connectivity index is 1.10. The first-order valence-electron chi connectivity index (χ1n) is 22.0. The lowest BCUT2D eigenvalue weighted by atomic mass is 9.55. The highest BCUT2D eigenvalue weighted by Gasteiger charge is 2.64. The zero-order valence-electron chi connectivity index (χ0n) is 35.8. The highest BCUT2D eigenvalue weighted by atomic mass is 16.5. The summed E-state index contributed by atoms with van der Waals surface area (Å²) in [6.45, 7) is 0.806. The van der Waals surface area contributed by atoms with E-state index in [2.05, 4.69) is 0 Å². The monoisotopic (exact) mass is 858 g/mol. The molecule has 6 aromatic carbocycles. The fourth-order valence-electron chi connectivity index (χ4n) is 8.50. The number of unbranched alkanes of at least 4 members (excludes halogenated alkanes) is 2. The van der Waals surface area contributed by atoms with Crippen LogP contribution in [0.25, 0.3) is 0 Å². The van der Waals surface area contributed by atoms with Crippen LogP contribution in [0.15, 0.2) is 170 Å². The van der Waals surface area contributed by atoms with E-state index in [1.807, 2.05) is 146 Å². The van der Waals surface area contributed by atoms with Gasteiger partial charge in [0.25, 0.3) is 0 Å². The number of rotatable bonds is 22. The molecule has 1 saturated carbocycles. The number of ether oxygens (including phenoxy) is 2. The Morgan fingerprint density at radius 3 is 1.02 bits per heavy atom. The minimum absolute atomic E-state index is 0.126. The number of benzene rings is 6. The van der Waals surface area contributed by atoms with E-state index < -0.39 is 47.4 Å². The molecule has 64 heavy (non-hydrogen) atoms. The van der Waals surface area contributed by atoms with Crippen molar-refractivity contribution in [2.45, 2.75) is 51.6 Å². The maximum atomic E-state index is 14.7. The van der Waals surface area contributed by atoms with Gasteiger partial charge in [-0.1, -0.05) is 121 Å². The van der Waals surface area contributed by atoms with Crippen molar-refractivity contribution in [1.82, 2.24) is 9.80 Å². The summed E-state index contributed by atoms with van der Waals surface area (Å²) in [6.07, 6.45) is 4.29. The van der Waals surface area contributed by atoms with Crippen molar-refractivity contribution in [3.8, 4) is 23.0 Å². The van der Waals surface area contributed by atoms with E-state index in [1.54, 1.807) is 34.1 Å². The van der Waals surface area contributed by atoms with Crippen LogP contribution in [0.4, 0.5) is 0 Å². The predicted octanol–water partition coefficient (Wildman–Crippen LogP) is 10.3. The van der Waals surface area contributed by atoms with E-state index in [0.29, 0.717) is 35.8 Å². The van der Waals surface area contributed by atoms with Crippen LogP contribution in [0, 0.1) is 23.7 Å². The van der Waals surface area contributed by atoms with Crippen molar-refractivity contribution in [2.75, 3.05) is 13.1 Å². The Morgan fingerprint density at radius 1 is 0.375 bits per heavy atom. The second-order valence-electron chi connectivity index (χ2n) is 16.3. The van der Waals surface area contributed by atoms with E-state index in [-0.39, 0.29) is 26.2 Å². The van der Waals surface area contributed by atoms with Crippen LogP contribution in [0.1, 0.15) is 47.9 Å². The number of amides is 2. The van der Waals surface area contributed by atoms with Crippen molar-refractivity contribution in [3.05, 3.63) is 192 Å². The molecule has 328 valence electrons. The summed E-state index contributed by atoms with van der Waals surface area (Å²) in [6, 6.07) is 53.3. The van der Waals surface area contributed by atoms with Gasteiger partial charge in [-0.2, -0.15) is 0 Å². The summed E-state index contributed by atoms with van der Waals surface area (Å²) in [5.41, 5.74) is 3.86. The highest BCUT2D eigenvalue weighted by molar-refractivity contribution is 5.99. The van der Waals surface area contributed by atoms with Gasteiger partial charge in [-0.3, -0.25) is 19.2 Å². The molecule has 0 radical (unpaired) electrons. The number of aliphatic carboxylic acids is 2. The number of aryl methyl sites for hydroxylation is 2. The van der Waals surface area contributed by atoms with Crippen LogP contribution in [0.5, 0.6) is 23.0 Å². The van der Waals surface area contributed by atoms with E-state index in [1.165, 1.54) is 0 Å². The van der Waals surface area contributed by atoms with Crippen molar-refractivity contribution < 1.29 is 38.9 Å². The Hall–Kier alpha value is -7.20. The number of carbonyl (C=O) groups excluding carboxylic acids is 2. The largest absolute Gasteiger partial charge is 0.481 e. The third-order valence-electron chi connectivity index (χ3n) is 11.8. The van der Waals surface area contributed by atoms with Crippen molar-refractivity contribution in [2.24, 2.45) is 23.7 Å². The summed E-state index contributed by atoms with van der Waals surface area (Å²) in [4.78, 5) is 58.9. The molecular formula is C54H54N2O8. The van der Waals surface area contributed by atoms with Crippen LogP contribution >= 0.6 is 0 Å². The summed E-state index contributed by atoms with van der Waals surface area (Å²) < 4.78 is 11.9. The van der Waals surface area contributed by atoms with Gasteiger partial charge < -0.3 is 29.5 Å². The Bertz CT molecular complexity index is 2230. The van der Waals surface area contributed by atoms with Gasteiger partial charge in [-0.15, -0.1) is 0 Å². The van der Waals surface area contributed by atoms with Crippen LogP contribution in [-0.4, -0.2) is 56.9 Å². The van der Waals surface area contributed by atoms with Crippen molar-refractivity contribution in [3.63, 3.8) is 0 Å². The summed E-state index contributed by atoms with van der Waals surface area (Å²) in [7, 11) is 0. The lowest BCUT2D eigenvalue weighted by molar-refractivity contribution is -0.187. The first-order valence-corrected chi connectivity index (χ1v) is 22.0. The molecule has 0 heterocycles. The third kappa shape index (κ3) is 12.0. The smallest absolute Gasteiger partial charge is 0.308 e. The number of nitrogens with zero attached hydrogens (tertiary/aromatic N) is 2. The zero-order valence-corrected chi connectivity index (χ0v) is 35.8. The molecule has 0 unspecified atom stereocenters. The van der Waals surface area contributed by atoms with Crippen molar-refractivity contribution in [1.29, 1.82) is 0 Å². The first-order chi connectivity index (χ1) is 31.2. The maximum Gasteiger partial charge on any atom is 0.308 e. The minimum atomic E-state index is -1.52. The molecule has 0 saturated heterocycles. The molecule has 2 N–H and O–H groups in total. The van der Waals surface area contributed by atoms with Crippen LogP contribution in [0.2, 0.25) is 0 Å². The Morgan fingerprint density at radius 2 is 0.688 bits per heavy atom. The molecule has 1 aliphatic carbocycles. The fourth-order valence-corrected chi connectivity index (χ4v) is 8.50. The first kappa shape index (κ1) is 44.8. The number of carboxylic acid groups (broad SMARTS) is 2. The van der Waals surface area contributed by atoms with Gasteiger partial charge in [-0.05, 0) is 109 Å². The van der Waals surface area contributed by atoms with Crippen LogP contribution in [-0.2, 0) is 45.1 Å². The summed E-state index contributed by atoms with van der Waals surface area (Å²) in [5, 5.41) is 21.5. The van der Waals surface area contributed by atoms with Crippen LogP contribution in [0.3, 0.4) is 0 Å². The summed E-state index contributed by atoms with van der Waals surface area (Å²) >= 11 is 0. The van der Waals surface area contributed by atoms with Gasteiger partial charge >= 0.3 is 11.9 Å². The zero-order chi connectivity index (χ0) is 44.7. The third-order valence-corrected chi connectivity index (χ3v) is 11.8. The molecule has 10 heteroatoms. The standard InChI is InChI=1S/C54H54N2O8/c57-51(55(35-15-13-21-39-17-5-1-6-18-39)37-41-27-31-45(32-28-41)63-43-23-9-3-10-24-43)47-49(53(59)60)48(50(47)54(61)62)52(58)56(36-16-14-22-40-19-7-2-8-20-40)38-42-29-33-46(34-30-42)64-44-25-11-4-12-26-44/h1-12,17-20,23-34,47-50H,13-16,21-22,35-38H2,(H,59,60)(H,61,62)/t47-,48-,49-,50-. The van der Waals surface area contributed by atoms with Gasteiger partial charge in [-0.25, -0.2) is 0 Å². The Kier molecular flexibility index (Phi) is 15.6. The maximum absolute atomic E-state index is 14.7. The molecular weight excluding hydrogens is 805 g/mol. The van der Waals surface area contributed by atoms with E-state index in [4.69, 9.17) is 9.47 Å². The lowest BCUT2D eigenvalue weighted by Crippen LogP contribution is -2.64. The second kappa shape index (κ2) is 22.2. The quantitative estimate of drug-likeness (QED) is 0.0645. The second-order valence-corrected chi connectivity index (χ2v) is 16.3. The topological polar surface area (TPSA) is 134 Å². The average molecular weight is 859 g/mol. The molecule has 0 spiro atoms. The molecule has 1 aliphatic rings. The molecule has 0 bridgehead atoms.